The smallest absolute Gasteiger partial charge is 0.410 e. The Morgan fingerprint density at radius 2 is 2.40 bits per heavy atom. The van der Waals surface area contributed by atoms with Crippen LogP contribution in [0.4, 0.5) is 4.79 Å². The van der Waals surface area contributed by atoms with Crippen LogP contribution in [0, 0.1) is 0 Å². The van der Waals surface area contributed by atoms with Crippen LogP contribution in [0.25, 0.3) is 0 Å². The third-order valence-electron chi connectivity index (χ3n) is 3.62. The number of aliphatic hydroxyl groups is 1. The Hall–Kier alpha value is -1.11. The van der Waals surface area contributed by atoms with E-state index in [0.717, 1.165) is 25.9 Å². The van der Waals surface area contributed by atoms with Gasteiger partial charge in [0, 0.05) is 13.7 Å². The van der Waals surface area contributed by atoms with Gasteiger partial charge in [0.25, 0.3) is 0 Å². The van der Waals surface area contributed by atoms with E-state index >= 15 is 0 Å². The molecule has 2 heterocycles. The molecule has 1 unspecified atom stereocenters. The lowest BCUT2D eigenvalue weighted by Gasteiger charge is -2.22. The minimum atomic E-state index is -0.711. The molecule has 1 N–H and O–H groups in total. The van der Waals surface area contributed by atoms with Gasteiger partial charge in [0.05, 0.1) is 18.8 Å². The summed E-state index contributed by atoms with van der Waals surface area (Å²) in [5, 5.41) is 9.96. The highest BCUT2D eigenvalue weighted by Gasteiger charge is 2.33. The normalized spacial score (nSPS) is 28.9. The van der Waals surface area contributed by atoms with Gasteiger partial charge >= 0.3 is 6.09 Å². The van der Waals surface area contributed by atoms with E-state index in [1.165, 1.54) is 4.90 Å². The molecule has 3 atom stereocenters. The number of hydrogen-bond donors (Lipinski definition) is 1. The first kappa shape index (κ1) is 15.3. The number of likely N-dealkylation sites (N-methyl/N-ethyl adjacent to an activating group) is 1. The summed E-state index contributed by atoms with van der Waals surface area (Å²) >= 11 is 0. The van der Waals surface area contributed by atoms with E-state index in [0.29, 0.717) is 13.0 Å². The van der Waals surface area contributed by atoms with Crippen LogP contribution in [0.3, 0.4) is 0 Å². The van der Waals surface area contributed by atoms with E-state index in [4.69, 9.17) is 14.2 Å². The molecule has 2 saturated heterocycles. The Bertz CT molecular complexity index is 340. The van der Waals surface area contributed by atoms with E-state index in [-0.39, 0.29) is 25.0 Å². The Kier molecular flexibility index (Phi) is 5.82. The third-order valence-corrected chi connectivity index (χ3v) is 3.62. The molecule has 0 radical (unpaired) electrons. The quantitative estimate of drug-likeness (QED) is 0.588. The molecule has 0 saturated carbocycles. The van der Waals surface area contributed by atoms with Crippen LogP contribution in [0.15, 0.2) is 12.2 Å². The fourth-order valence-electron chi connectivity index (χ4n) is 2.31. The van der Waals surface area contributed by atoms with Crippen molar-refractivity contribution >= 4 is 6.09 Å². The van der Waals surface area contributed by atoms with Crippen molar-refractivity contribution in [2.75, 3.05) is 26.9 Å². The maximum atomic E-state index is 11.2. The zero-order chi connectivity index (χ0) is 14.4. The van der Waals surface area contributed by atoms with Crippen LogP contribution in [0.2, 0.25) is 0 Å². The van der Waals surface area contributed by atoms with Gasteiger partial charge in [-0.1, -0.05) is 12.2 Å². The molecule has 2 aliphatic rings. The summed E-state index contributed by atoms with van der Waals surface area (Å²) in [6.45, 7) is 1.58. The Balaban J connectivity index is 1.61. The monoisotopic (exact) mass is 285 g/mol. The minimum Gasteiger partial charge on any atom is -0.447 e. The highest BCUT2D eigenvalue weighted by Crippen LogP contribution is 2.15. The highest BCUT2D eigenvalue weighted by atomic mass is 16.7. The summed E-state index contributed by atoms with van der Waals surface area (Å²) in [6, 6.07) is -0.304. The van der Waals surface area contributed by atoms with Gasteiger partial charge in [-0.15, -0.1) is 0 Å². The SMILES string of the molecule is CN1C(=O)OC[C@H]1[C@@H](O)/C=C/CCOC1CCCCO1. The Morgan fingerprint density at radius 3 is 3.05 bits per heavy atom. The molecular weight excluding hydrogens is 262 g/mol. The molecule has 2 rings (SSSR count). The van der Waals surface area contributed by atoms with Gasteiger partial charge < -0.3 is 24.2 Å². The van der Waals surface area contributed by atoms with Gasteiger partial charge in [-0.05, 0) is 25.7 Å². The third kappa shape index (κ3) is 4.19. The van der Waals surface area contributed by atoms with Crippen molar-refractivity contribution < 1.29 is 24.1 Å². The van der Waals surface area contributed by atoms with Gasteiger partial charge in [0.15, 0.2) is 6.29 Å². The number of nitrogens with zero attached hydrogens (tertiary/aromatic N) is 1. The lowest BCUT2D eigenvalue weighted by atomic mass is 10.1. The first-order valence-electron chi connectivity index (χ1n) is 7.16. The Morgan fingerprint density at radius 1 is 1.55 bits per heavy atom. The molecule has 0 aromatic heterocycles. The van der Waals surface area contributed by atoms with E-state index in [9.17, 15) is 9.90 Å². The number of hydrogen-bond acceptors (Lipinski definition) is 5. The predicted octanol–water partition coefficient (Wildman–Crippen LogP) is 1.29. The van der Waals surface area contributed by atoms with Crippen molar-refractivity contribution in [2.45, 2.75) is 44.1 Å². The number of rotatable bonds is 6. The van der Waals surface area contributed by atoms with Crippen LogP contribution in [0.1, 0.15) is 25.7 Å². The fraction of sp³-hybridized carbons (Fsp3) is 0.786. The second-order valence-electron chi connectivity index (χ2n) is 5.13. The van der Waals surface area contributed by atoms with Crippen molar-refractivity contribution in [3.63, 3.8) is 0 Å². The van der Waals surface area contributed by atoms with Crippen LogP contribution < -0.4 is 0 Å². The minimum absolute atomic E-state index is 0.0749. The molecule has 0 spiro atoms. The van der Waals surface area contributed by atoms with Gasteiger partial charge in [0.2, 0.25) is 0 Å². The zero-order valence-corrected chi connectivity index (χ0v) is 11.9. The highest BCUT2D eigenvalue weighted by molar-refractivity contribution is 5.69. The summed E-state index contributed by atoms with van der Waals surface area (Å²) in [6.07, 6.45) is 6.31. The van der Waals surface area contributed by atoms with E-state index < -0.39 is 6.10 Å². The average molecular weight is 285 g/mol. The number of cyclic esters (lactones) is 1. The zero-order valence-electron chi connectivity index (χ0n) is 11.9. The van der Waals surface area contributed by atoms with E-state index in [1.807, 2.05) is 6.08 Å². The number of aliphatic hydroxyl groups excluding tert-OH is 1. The molecule has 0 aromatic carbocycles. The van der Waals surface area contributed by atoms with E-state index in [1.54, 1.807) is 13.1 Å². The summed E-state index contributed by atoms with van der Waals surface area (Å²) in [4.78, 5) is 12.6. The molecule has 0 aliphatic carbocycles. The molecule has 6 heteroatoms. The van der Waals surface area contributed by atoms with Crippen molar-refractivity contribution in [2.24, 2.45) is 0 Å². The van der Waals surface area contributed by atoms with Crippen LogP contribution >= 0.6 is 0 Å². The summed E-state index contributed by atoms with van der Waals surface area (Å²) in [5.74, 6) is 0. The second-order valence-corrected chi connectivity index (χ2v) is 5.13. The Labute approximate surface area is 119 Å². The molecule has 2 fully saturated rings. The van der Waals surface area contributed by atoms with Gasteiger partial charge in [-0.2, -0.15) is 0 Å². The standard InChI is InChI=1S/C14H23NO5/c1-15-11(10-20-14(15)17)12(16)6-2-4-8-18-13-7-3-5-9-19-13/h2,6,11-13,16H,3-5,7-10H2,1H3/b6-2+/t11-,12-,13?/m0/s1. The number of carbonyl (C=O) groups is 1. The maximum Gasteiger partial charge on any atom is 0.410 e. The number of carbonyl (C=O) groups excluding carboxylic acids is 1. The summed E-state index contributed by atoms with van der Waals surface area (Å²) < 4.78 is 15.9. The maximum absolute atomic E-state index is 11.2. The lowest BCUT2D eigenvalue weighted by Crippen LogP contribution is -2.38. The first-order chi connectivity index (χ1) is 9.68. The molecule has 0 aromatic rings. The lowest BCUT2D eigenvalue weighted by molar-refractivity contribution is -0.161. The summed E-state index contributed by atoms with van der Waals surface area (Å²) in [5.41, 5.74) is 0. The molecular formula is C14H23NO5. The van der Waals surface area contributed by atoms with Crippen molar-refractivity contribution in [1.29, 1.82) is 0 Å². The molecule has 0 bridgehead atoms. The van der Waals surface area contributed by atoms with Crippen LogP contribution in [-0.2, 0) is 14.2 Å². The molecule has 20 heavy (non-hydrogen) atoms. The molecule has 2 aliphatic heterocycles. The predicted molar refractivity (Wildman–Crippen MR) is 72.2 cm³/mol. The van der Waals surface area contributed by atoms with Crippen molar-refractivity contribution in [3.8, 4) is 0 Å². The van der Waals surface area contributed by atoms with Gasteiger partial charge in [-0.3, -0.25) is 0 Å². The number of ether oxygens (including phenoxy) is 3. The average Bonchev–Trinajstić information content (AvgIpc) is 2.80. The first-order valence-corrected chi connectivity index (χ1v) is 7.16. The topological polar surface area (TPSA) is 68.2 Å². The van der Waals surface area contributed by atoms with Crippen LogP contribution in [0.5, 0.6) is 0 Å². The number of amides is 1. The van der Waals surface area contributed by atoms with Gasteiger partial charge in [-0.25, -0.2) is 4.79 Å². The molecule has 114 valence electrons. The second kappa shape index (κ2) is 7.61. The van der Waals surface area contributed by atoms with Crippen LogP contribution in [-0.4, -0.2) is 61.4 Å². The summed E-state index contributed by atoms with van der Waals surface area (Å²) in [7, 11) is 1.63. The van der Waals surface area contributed by atoms with Gasteiger partial charge in [0.1, 0.15) is 6.61 Å². The van der Waals surface area contributed by atoms with Crippen molar-refractivity contribution in [1.82, 2.24) is 4.90 Å². The van der Waals surface area contributed by atoms with Crippen molar-refractivity contribution in [3.05, 3.63) is 12.2 Å². The fourth-order valence-corrected chi connectivity index (χ4v) is 2.31. The largest absolute Gasteiger partial charge is 0.447 e. The van der Waals surface area contributed by atoms with E-state index in [2.05, 4.69) is 0 Å². The molecule has 1 amide bonds. The molecule has 6 nitrogen and oxygen atoms in total.